The van der Waals surface area contributed by atoms with Crippen LogP contribution in [0.2, 0.25) is 0 Å². The van der Waals surface area contributed by atoms with Gasteiger partial charge in [-0.1, -0.05) is 6.07 Å². The molecule has 2 aromatic carbocycles. The lowest BCUT2D eigenvalue weighted by atomic mass is 10.2. The van der Waals surface area contributed by atoms with E-state index in [4.69, 9.17) is 4.42 Å². The molecule has 1 amide bonds. The van der Waals surface area contributed by atoms with E-state index in [0.717, 1.165) is 17.0 Å². The summed E-state index contributed by atoms with van der Waals surface area (Å²) in [5, 5.41) is 2.72. The molecule has 0 aliphatic rings. The fourth-order valence-electron chi connectivity index (χ4n) is 2.13. The minimum atomic E-state index is -0.442. The molecule has 3 rings (SSSR count). The number of aryl methyl sites for hydroxylation is 2. The van der Waals surface area contributed by atoms with Gasteiger partial charge in [-0.05, 0) is 56.3 Å². The van der Waals surface area contributed by atoms with Crippen LogP contribution in [0.5, 0.6) is 0 Å². The molecule has 4 nitrogen and oxygen atoms in total. The first-order valence-electron chi connectivity index (χ1n) is 7.14. The lowest BCUT2D eigenvalue weighted by Crippen LogP contribution is -2.11. The van der Waals surface area contributed by atoms with Gasteiger partial charge >= 0.3 is 0 Å². The SMILES string of the molecule is Cc1nc(-c2ccc(NC(=O)c3cccc(F)c3)cc2)oc1C. The summed E-state index contributed by atoms with van der Waals surface area (Å²) < 4.78 is 18.7. The zero-order chi connectivity index (χ0) is 16.4. The summed E-state index contributed by atoms with van der Waals surface area (Å²) in [6, 6.07) is 12.7. The van der Waals surface area contributed by atoms with Crippen molar-refractivity contribution in [1.29, 1.82) is 0 Å². The van der Waals surface area contributed by atoms with Crippen molar-refractivity contribution in [2.75, 3.05) is 5.32 Å². The predicted octanol–water partition coefficient (Wildman–Crippen LogP) is 4.35. The van der Waals surface area contributed by atoms with Crippen molar-refractivity contribution < 1.29 is 13.6 Å². The molecule has 1 heterocycles. The first-order valence-corrected chi connectivity index (χ1v) is 7.14. The van der Waals surface area contributed by atoms with Crippen LogP contribution in [0.25, 0.3) is 11.5 Å². The van der Waals surface area contributed by atoms with Gasteiger partial charge in [-0.25, -0.2) is 9.37 Å². The lowest BCUT2D eigenvalue weighted by molar-refractivity contribution is 0.102. The van der Waals surface area contributed by atoms with Crippen LogP contribution in [0.3, 0.4) is 0 Å². The maximum atomic E-state index is 13.1. The highest BCUT2D eigenvalue weighted by Gasteiger charge is 2.10. The number of carbonyl (C=O) groups excluding carboxylic acids is 1. The van der Waals surface area contributed by atoms with Gasteiger partial charge in [0, 0.05) is 16.8 Å². The number of anilines is 1. The molecule has 0 aliphatic carbocycles. The molecule has 0 saturated carbocycles. The Morgan fingerprint density at radius 1 is 1.13 bits per heavy atom. The number of hydrogen-bond donors (Lipinski definition) is 1. The van der Waals surface area contributed by atoms with E-state index in [-0.39, 0.29) is 11.5 Å². The highest BCUT2D eigenvalue weighted by Crippen LogP contribution is 2.23. The topological polar surface area (TPSA) is 55.1 Å². The molecule has 0 fully saturated rings. The van der Waals surface area contributed by atoms with Crippen LogP contribution in [0.15, 0.2) is 52.9 Å². The number of carbonyl (C=O) groups is 1. The number of nitrogens with zero attached hydrogens (tertiary/aromatic N) is 1. The zero-order valence-electron chi connectivity index (χ0n) is 12.8. The van der Waals surface area contributed by atoms with E-state index in [1.54, 1.807) is 18.2 Å². The van der Waals surface area contributed by atoms with Gasteiger partial charge in [-0.15, -0.1) is 0 Å². The first-order chi connectivity index (χ1) is 11.0. The van der Waals surface area contributed by atoms with Crippen LogP contribution >= 0.6 is 0 Å². The molecule has 0 aliphatic heterocycles. The van der Waals surface area contributed by atoms with Gasteiger partial charge in [-0.2, -0.15) is 0 Å². The third-order valence-electron chi connectivity index (χ3n) is 3.51. The van der Waals surface area contributed by atoms with Gasteiger partial charge in [0.2, 0.25) is 5.89 Å². The first kappa shape index (κ1) is 15.0. The Balaban J connectivity index is 1.76. The normalized spacial score (nSPS) is 10.6. The average molecular weight is 310 g/mol. The van der Waals surface area contributed by atoms with Crippen molar-refractivity contribution in [2.24, 2.45) is 0 Å². The van der Waals surface area contributed by atoms with E-state index in [1.165, 1.54) is 18.2 Å². The Kier molecular flexibility index (Phi) is 3.93. The summed E-state index contributed by atoms with van der Waals surface area (Å²) in [5.74, 6) is 0.522. The summed E-state index contributed by atoms with van der Waals surface area (Å²) in [4.78, 5) is 16.4. The third kappa shape index (κ3) is 3.29. The summed E-state index contributed by atoms with van der Waals surface area (Å²) >= 11 is 0. The Morgan fingerprint density at radius 2 is 1.87 bits per heavy atom. The lowest BCUT2D eigenvalue weighted by Gasteiger charge is -2.06. The Bertz CT molecular complexity index is 834. The molecular weight excluding hydrogens is 295 g/mol. The number of amides is 1. The van der Waals surface area contributed by atoms with Crippen molar-refractivity contribution >= 4 is 11.6 Å². The fourth-order valence-corrected chi connectivity index (χ4v) is 2.13. The van der Waals surface area contributed by atoms with Crippen LogP contribution in [-0.2, 0) is 0 Å². The van der Waals surface area contributed by atoms with Crippen LogP contribution in [0.1, 0.15) is 21.8 Å². The van der Waals surface area contributed by atoms with Gasteiger partial charge in [0.25, 0.3) is 5.91 Å². The number of aromatic nitrogens is 1. The fraction of sp³-hybridized carbons (Fsp3) is 0.111. The average Bonchev–Trinajstić information content (AvgIpc) is 2.87. The standard InChI is InChI=1S/C18H15FN2O2/c1-11-12(2)23-18(20-11)13-6-8-16(9-7-13)21-17(22)14-4-3-5-15(19)10-14/h3-10H,1-2H3,(H,21,22). The monoisotopic (exact) mass is 310 g/mol. The van der Waals surface area contributed by atoms with Crippen LogP contribution in [0.4, 0.5) is 10.1 Å². The quantitative estimate of drug-likeness (QED) is 0.782. The molecule has 23 heavy (non-hydrogen) atoms. The maximum absolute atomic E-state index is 13.1. The van der Waals surface area contributed by atoms with Crippen molar-refractivity contribution in [2.45, 2.75) is 13.8 Å². The van der Waals surface area contributed by atoms with Crippen molar-refractivity contribution in [1.82, 2.24) is 4.98 Å². The molecule has 0 radical (unpaired) electrons. The number of oxazole rings is 1. The Labute approximate surface area is 133 Å². The van der Waals surface area contributed by atoms with Crippen molar-refractivity contribution in [3.05, 3.63) is 71.4 Å². The maximum Gasteiger partial charge on any atom is 0.255 e. The molecule has 0 atom stereocenters. The van der Waals surface area contributed by atoms with Gasteiger partial charge in [-0.3, -0.25) is 4.79 Å². The van der Waals surface area contributed by atoms with Gasteiger partial charge < -0.3 is 9.73 Å². The van der Waals surface area contributed by atoms with Gasteiger partial charge in [0.1, 0.15) is 11.6 Å². The molecular formula is C18H15FN2O2. The highest BCUT2D eigenvalue weighted by atomic mass is 19.1. The molecule has 116 valence electrons. The second-order valence-corrected chi connectivity index (χ2v) is 5.20. The summed E-state index contributed by atoms with van der Waals surface area (Å²) in [6.45, 7) is 3.75. The smallest absolute Gasteiger partial charge is 0.255 e. The summed E-state index contributed by atoms with van der Waals surface area (Å²) in [7, 11) is 0. The van der Waals surface area contributed by atoms with E-state index in [1.807, 2.05) is 26.0 Å². The second kappa shape index (κ2) is 6.04. The van der Waals surface area contributed by atoms with E-state index in [2.05, 4.69) is 10.3 Å². The molecule has 5 heteroatoms. The molecule has 0 saturated heterocycles. The minimum absolute atomic E-state index is 0.271. The van der Waals surface area contributed by atoms with Crippen molar-refractivity contribution in [3.63, 3.8) is 0 Å². The number of benzene rings is 2. The van der Waals surface area contributed by atoms with Gasteiger partial charge in [0.15, 0.2) is 0 Å². The third-order valence-corrected chi connectivity index (χ3v) is 3.51. The molecule has 0 bridgehead atoms. The largest absolute Gasteiger partial charge is 0.441 e. The zero-order valence-corrected chi connectivity index (χ0v) is 12.8. The van der Waals surface area contributed by atoms with E-state index in [0.29, 0.717) is 11.6 Å². The molecule has 1 N–H and O–H groups in total. The van der Waals surface area contributed by atoms with Crippen LogP contribution in [0, 0.1) is 19.7 Å². The Hall–Kier alpha value is -2.95. The molecule has 0 spiro atoms. The number of nitrogens with one attached hydrogen (secondary N) is 1. The van der Waals surface area contributed by atoms with E-state index >= 15 is 0 Å². The summed E-state index contributed by atoms with van der Waals surface area (Å²) in [5.41, 5.74) is 2.56. The Morgan fingerprint density at radius 3 is 2.48 bits per heavy atom. The van der Waals surface area contributed by atoms with E-state index in [9.17, 15) is 9.18 Å². The number of rotatable bonds is 3. The van der Waals surface area contributed by atoms with Crippen LogP contribution < -0.4 is 5.32 Å². The van der Waals surface area contributed by atoms with E-state index < -0.39 is 5.82 Å². The number of halogens is 1. The minimum Gasteiger partial charge on any atom is -0.441 e. The van der Waals surface area contributed by atoms with Crippen LogP contribution in [-0.4, -0.2) is 10.9 Å². The second-order valence-electron chi connectivity index (χ2n) is 5.20. The molecule has 0 unspecified atom stereocenters. The predicted molar refractivity (Wildman–Crippen MR) is 85.8 cm³/mol. The molecule has 3 aromatic rings. The highest BCUT2D eigenvalue weighted by molar-refractivity contribution is 6.04. The molecule has 1 aromatic heterocycles. The summed E-state index contributed by atoms with van der Waals surface area (Å²) in [6.07, 6.45) is 0. The van der Waals surface area contributed by atoms with Crippen molar-refractivity contribution in [3.8, 4) is 11.5 Å². The number of hydrogen-bond acceptors (Lipinski definition) is 3. The van der Waals surface area contributed by atoms with Gasteiger partial charge in [0.05, 0.1) is 5.69 Å².